The molecule has 0 bridgehead atoms. The molecule has 2 aromatic heterocycles. The van der Waals surface area contributed by atoms with Gasteiger partial charge in [-0.25, -0.2) is 23.4 Å². The predicted octanol–water partition coefficient (Wildman–Crippen LogP) is 3.04. The number of hydrogen-bond donors (Lipinski definition) is 1. The number of piperidine rings is 1. The Morgan fingerprint density at radius 2 is 1.77 bits per heavy atom. The second-order valence-electron chi connectivity index (χ2n) is 8.08. The van der Waals surface area contributed by atoms with Crippen LogP contribution in [0, 0.1) is 0 Å². The molecule has 1 N–H and O–H groups in total. The van der Waals surface area contributed by atoms with Gasteiger partial charge < -0.3 is 14.8 Å². The Labute approximate surface area is 176 Å². The summed E-state index contributed by atoms with van der Waals surface area (Å²) in [6.45, 7) is 3.48. The van der Waals surface area contributed by atoms with Gasteiger partial charge in [-0.05, 0) is 49.9 Å². The molecule has 0 spiro atoms. The van der Waals surface area contributed by atoms with Crippen LogP contribution in [0.4, 0.5) is 11.5 Å². The van der Waals surface area contributed by atoms with Crippen LogP contribution in [0.25, 0.3) is 11.2 Å². The van der Waals surface area contributed by atoms with Crippen molar-refractivity contribution < 1.29 is 8.42 Å². The molecule has 5 rings (SSSR count). The highest BCUT2D eigenvalue weighted by Crippen LogP contribution is 2.37. The van der Waals surface area contributed by atoms with Crippen molar-refractivity contribution >= 4 is 32.5 Å². The van der Waals surface area contributed by atoms with Crippen molar-refractivity contribution in [3.8, 4) is 0 Å². The summed E-state index contributed by atoms with van der Waals surface area (Å²) >= 11 is 0. The van der Waals surface area contributed by atoms with Crippen molar-refractivity contribution in [3.05, 3.63) is 36.9 Å². The normalized spacial score (nSPS) is 18.1. The van der Waals surface area contributed by atoms with Gasteiger partial charge in [-0.15, -0.1) is 0 Å². The van der Waals surface area contributed by atoms with Crippen molar-refractivity contribution in [1.29, 1.82) is 0 Å². The molecule has 158 valence electrons. The first-order chi connectivity index (χ1) is 14.5. The highest BCUT2D eigenvalue weighted by molar-refractivity contribution is 7.91. The highest BCUT2D eigenvalue weighted by Gasteiger charge is 2.27. The molecule has 1 saturated carbocycles. The number of fused-ring (bicyclic) bond motifs is 1. The van der Waals surface area contributed by atoms with Gasteiger partial charge in [0.1, 0.15) is 11.8 Å². The van der Waals surface area contributed by atoms with Gasteiger partial charge in [0.15, 0.2) is 21.3 Å². The standard InChI is InChI=1S/C21H26N6O2S/c1-2-30(28,29)18-7-5-16(6-8-18)26-11-9-15(10-12-26)25-20-19-21(23-13-22-20)27(14-24-19)17-3-4-17/h5-8,13-15,17H,2-4,9-12H2,1H3,(H,22,23,25). The van der Waals surface area contributed by atoms with E-state index in [4.69, 9.17) is 0 Å². The lowest BCUT2D eigenvalue weighted by Crippen LogP contribution is -2.39. The number of anilines is 2. The number of imidazole rings is 1. The van der Waals surface area contributed by atoms with Crippen LogP contribution in [0.15, 0.2) is 41.8 Å². The first kappa shape index (κ1) is 19.3. The van der Waals surface area contributed by atoms with Crippen molar-refractivity contribution in [2.45, 2.75) is 49.6 Å². The maximum absolute atomic E-state index is 12.0. The summed E-state index contributed by atoms with van der Waals surface area (Å²) in [7, 11) is -3.16. The molecule has 8 nitrogen and oxygen atoms in total. The third-order valence-corrected chi connectivity index (χ3v) is 7.83. The van der Waals surface area contributed by atoms with Gasteiger partial charge in [0.2, 0.25) is 0 Å². The molecule has 30 heavy (non-hydrogen) atoms. The fourth-order valence-electron chi connectivity index (χ4n) is 4.08. The van der Waals surface area contributed by atoms with Crippen LogP contribution in [0.3, 0.4) is 0 Å². The van der Waals surface area contributed by atoms with Gasteiger partial charge in [-0.1, -0.05) is 6.92 Å². The van der Waals surface area contributed by atoms with Gasteiger partial charge >= 0.3 is 0 Å². The summed E-state index contributed by atoms with van der Waals surface area (Å²) in [5.41, 5.74) is 2.82. The molecular weight excluding hydrogens is 400 g/mol. The Kier molecular flexibility index (Phi) is 4.85. The number of nitrogens with one attached hydrogen (secondary N) is 1. The topological polar surface area (TPSA) is 93.0 Å². The zero-order valence-corrected chi connectivity index (χ0v) is 17.8. The number of aromatic nitrogens is 4. The molecule has 0 unspecified atom stereocenters. The maximum Gasteiger partial charge on any atom is 0.178 e. The lowest BCUT2D eigenvalue weighted by atomic mass is 10.0. The average Bonchev–Trinajstić information content (AvgIpc) is 3.53. The van der Waals surface area contributed by atoms with E-state index >= 15 is 0 Å². The minimum absolute atomic E-state index is 0.124. The molecule has 9 heteroatoms. The fraction of sp³-hybridized carbons (Fsp3) is 0.476. The van der Waals surface area contributed by atoms with E-state index in [1.54, 1.807) is 25.4 Å². The second kappa shape index (κ2) is 7.54. The molecule has 3 aromatic rings. The van der Waals surface area contributed by atoms with E-state index < -0.39 is 9.84 Å². The van der Waals surface area contributed by atoms with Crippen LogP contribution in [0.5, 0.6) is 0 Å². The Bertz CT molecular complexity index is 1150. The summed E-state index contributed by atoms with van der Waals surface area (Å²) in [4.78, 5) is 16.1. The Hall–Kier alpha value is -2.68. The van der Waals surface area contributed by atoms with Gasteiger partial charge in [0.25, 0.3) is 0 Å². The summed E-state index contributed by atoms with van der Waals surface area (Å²) in [5, 5.41) is 3.57. The molecular formula is C21H26N6O2S. The van der Waals surface area contributed by atoms with Crippen LogP contribution < -0.4 is 10.2 Å². The fourth-order valence-corrected chi connectivity index (χ4v) is 4.97. The molecule has 3 heterocycles. The van der Waals surface area contributed by atoms with Gasteiger partial charge in [0, 0.05) is 30.9 Å². The monoisotopic (exact) mass is 426 g/mol. The summed E-state index contributed by atoms with van der Waals surface area (Å²) in [6, 6.07) is 8.12. The minimum Gasteiger partial charge on any atom is -0.371 e. The highest BCUT2D eigenvalue weighted by atomic mass is 32.2. The van der Waals surface area contributed by atoms with Crippen LogP contribution in [-0.4, -0.2) is 52.8 Å². The number of sulfone groups is 1. The van der Waals surface area contributed by atoms with Gasteiger partial charge in [-0.2, -0.15) is 0 Å². The molecule has 1 aliphatic heterocycles. The Morgan fingerprint density at radius 3 is 2.43 bits per heavy atom. The third kappa shape index (κ3) is 3.62. The molecule has 1 aliphatic carbocycles. The second-order valence-corrected chi connectivity index (χ2v) is 10.4. The smallest absolute Gasteiger partial charge is 0.178 e. The lowest BCUT2D eigenvalue weighted by Gasteiger charge is -2.34. The van der Waals surface area contributed by atoms with E-state index in [0.29, 0.717) is 17.0 Å². The molecule has 0 atom stereocenters. The van der Waals surface area contributed by atoms with Crippen molar-refractivity contribution in [3.63, 3.8) is 0 Å². The molecule has 0 amide bonds. The first-order valence-electron chi connectivity index (χ1n) is 10.6. The number of rotatable bonds is 6. The van der Waals surface area contributed by atoms with E-state index in [1.165, 1.54) is 12.8 Å². The van der Waals surface area contributed by atoms with Crippen LogP contribution in [-0.2, 0) is 9.84 Å². The largest absolute Gasteiger partial charge is 0.371 e. The van der Waals surface area contributed by atoms with E-state index in [1.807, 2.05) is 18.5 Å². The van der Waals surface area contributed by atoms with Crippen molar-refractivity contribution in [2.75, 3.05) is 29.1 Å². The molecule has 0 radical (unpaired) electrons. The zero-order chi connectivity index (χ0) is 20.7. The Morgan fingerprint density at radius 1 is 1.03 bits per heavy atom. The minimum atomic E-state index is -3.16. The number of nitrogens with zero attached hydrogens (tertiary/aromatic N) is 5. The van der Waals surface area contributed by atoms with Gasteiger partial charge in [0.05, 0.1) is 17.0 Å². The van der Waals surface area contributed by atoms with E-state index in [9.17, 15) is 8.42 Å². The zero-order valence-electron chi connectivity index (χ0n) is 17.0. The van der Waals surface area contributed by atoms with E-state index in [2.05, 4.69) is 29.7 Å². The quantitative estimate of drug-likeness (QED) is 0.647. The summed E-state index contributed by atoms with van der Waals surface area (Å²) in [6.07, 6.45) is 7.84. The summed E-state index contributed by atoms with van der Waals surface area (Å²) in [5.74, 6) is 0.936. The summed E-state index contributed by atoms with van der Waals surface area (Å²) < 4.78 is 26.2. The van der Waals surface area contributed by atoms with E-state index in [-0.39, 0.29) is 5.75 Å². The van der Waals surface area contributed by atoms with Crippen molar-refractivity contribution in [1.82, 2.24) is 19.5 Å². The molecule has 1 saturated heterocycles. The number of hydrogen-bond acceptors (Lipinski definition) is 7. The lowest BCUT2D eigenvalue weighted by molar-refractivity contribution is 0.525. The van der Waals surface area contributed by atoms with Gasteiger partial charge in [-0.3, -0.25) is 0 Å². The van der Waals surface area contributed by atoms with Crippen LogP contribution >= 0.6 is 0 Å². The van der Waals surface area contributed by atoms with E-state index in [0.717, 1.165) is 48.6 Å². The predicted molar refractivity (Wildman–Crippen MR) is 117 cm³/mol. The van der Waals surface area contributed by atoms with Crippen molar-refractivity contribution in [2.24, 2.45) is 0 Å². The third-order valence-electron chi connectivity index (χ3n) is 6.08. The number of benzene rings is 1. The van der Waals surface area contributed by atoms with Crippen LogP contribution in [0.2, 0.25) is 0 Å². The molecule has 2 aliphatic rings. The Balaban J connectivity index is 1.24. The first-order valence-corrected chi connectivity index (χ1v) is 12.2. The maximum atomic E-state index is 12.0. The molecule has 2 fully saturated rings. The van der Waals surface area contributed by atoms with Crippen LogP contribution in [0.1, 0.15) is 38.6 Å². The SMILES string of the molecule is CCS(=O)(=O)c1ccc(N2CCC(Nc3ncnc4c3ncn4C3CC3)CC2)cc1. The molecule has 1 aromatic carbocycles. The average molecular weight is 427 g/mol.